The van der Waals surface area contributed by atoms with Gasteiger partial charge in [0.15, 0.2) is 0 Å². The molecule has 1 atom stereocenters. The molecule has 0 radical (unpaired) electrons. The van der Waals surface area contributed by atoms with Crippen molar-refractivity contribution in [3.8, 4) is 11.5 Å². The van der Waals surface area contributed by atoms with Crippen LogP contribution in [-0.4, -0.2) is 44.8 Å². The Bertz CT molecular complexity index is 401. The number of anilines is 1. The minimum atomic E-state index is 0.531. The molecule has 1 unspecified atom stereocenters. The predicted molar refractivity (Wildman–Crippen MR) is 82.9 cm³/mol. The van der Waals surface area contributed by atoms with Gasteiger partial charge in [-0.15, -0.1) is 0 Å². The van der Waals surface area contributed by atoms with Gasteiger partial charge in [0.2, 0.25) is 0 Å². The third-order valence-corrected chi connectivity index (χ3v) is 3.99. The van der Waals surface area contributed by atoms with Crippen LogP contribution < -0.4 is 14.8 Å². The Labute approximate surface area is 122 Å². The molecular weight excluding hydrogens is 252 g/mol. The molecule has 0 bridgehead atoms. The number of methoxy groups -OCH3 is 2. The molecule has 0 aliphatic carbocycles. The van der Waals surface area contributed by atoms with Gasteiger partial charge in [0, 0.05) is 36.5 Å². The third kappa shape index (κ3) is 4.04. The fraction of sp³-hybridized carbons (Fsp3) is 0.625. The van der Waals surface area contributed by atoms with Crippen LogP contribution in [0.4, 0.5) is 5.69 Å². The van der Waals surface area contributed by atoms with Crippen molar-refractivity contribution in [2.24, 2.45) is 0 Å². The predicted octanol–water partition coefficient (Wildman–Crippen LogP) is 2.99. The maximum Gasteiger partial charge on any atom is 0.124 e. The van der Waals surface area contributed by atoms with E-state index in [2.05, 4.69) is 17.1 Å². The molecule has 1 saturated heterocycles. The maximum absolute atomic E-state index is 5.32. The van der Waals surface area contributed by atoms with E-state index >= 15 is 0 Å². The van der Waals surface area contributed by atoms with Gasteiger partial charge >= 0.3 is 0 Å². The van der Waals surface area contributed by atoms with Crippen LogP contribution in [0.3, 0.4) is 0 Å². The molecule has 112 valence electrons. The zero-order valence-electron chi connectivity index (χ0n) is 12.8. The minimum Gasteiger partial charge on any atom is -0.497 e. The quantitative estimate of drug-likeness (QED) is 0.898. The molecule has 1 N–H and O–H groups in total. The molecule has 0 amide bonds. The summed E-state index contributed by atoms with van der Waals surface area (Å²) in [6.07, 6.45) is 3.66. The first-order valence-corrected chi connectivity index (χ1v) is 7.47. The monoisotopic (exact) mass is 278 g/mol. The average Bonchev–Trinajstić information content (AvgIpc) is 2.72. The smallest absolute Gasteiger partial charge is 0.124 e. The van der Waals surface area contributed by atoms with Crippen LogP contribution in [0.15, 0.2) is 18.2 Å². The van der Waals surface area contributed by atoms with Gasteiger partial charge in [-0.2, -0.15) is 0 Å². The Morgan fingerprint density at radius 3 is 2.40 bits per heavy atom. The number of nitrogens with one attached hydrogen (secondary N) is 1. The van der Waals surface area contributed by atoms with Gasteiger partial charge in [0.25, 0.3) is 0 Å². The molecule has 1 aliphatic heterocycles. The van der Waals surface area contributed by atoms with Crippen LogP contribution >= 0.6 is 0 Å². The first kappa shape index (κ1) is 15.0. The van der Waals surface area contributed by atoms with E-state index in [0.29, 0.717) is 6.04 Å². The van der Waals surface area contributed by atoms with Crippen molar-refractivity contribution >= 4 is 5.69 Å². The SMILES string of the molecule is CCN1CCCC(Nc2cc(OC)cc(OC)c2)CC1. The van der Waals surface area contributed by atoms with Crippen LogP contribution in [0.2, 0.25) is 0 Å². The van der Waals surface area contributed by atoms with Gasteiger partial charge in [0.1, 0.15) is 11.5 Å². The molecule has 1 aliphatic rings. The number of nitrogens with zero attached hydrogens (tertiary/aromatic N) is 1. The van der Waals surface area contributed by atoms with Gasteiger partial charge < -0.3 is 19.7 Å². The van der Waals surface area contributed by atoms with Crippen LogP contribution in [-0.2, 0) is 0 Å². The van der Waals surface area contributed by atoms with Crippen molar-refractivity contribution in [1.29, 1.82) is 0 Å². The van der Waals surface area contributed by atoms with Crippen molar-refractivity contribution in [2.75, 3.05) is 39.2 Å². The second-order valence-corrected chi connectivity index (χ2v) is 5.31. The van der Waals surface area contributed by atoms with Crippen molar-refractivity contribution in [3.63, 3.8) is 0 Å². The molecular formula is C16H26N2O2. The van der Waals surface area contributed by atoms with E-state index in [0.717, 1.165) is 23.7 Å². The van der Waals surface area contributed by atoms with Crippen molar-refractivity contribution in [3.05, 3.63) is 18.2 Å². The van der Waals surface area contributed by atoms with Gasteiger partial charge in [-0.3, -0.25) is 0 Å². The molecule has 4 heteroatoms. The summed E-state index contributed by atoms with van der Waals surface area (Å²) in [4.78, 5) is 2.52. The summed E-state index contributed by atoms with van der Waals surface area (Å²) < 4.78 is 10.6. The highest BCUT2D eigenvalue weighted by Crippen LogP contribution is 2.27. The maximum atomic E-state index is 5.32. The third-order valence-electron chi connectivity index (χ3n) is 3.99. The van der Waals surface area contributed by atoms with E-state index < -0.39 is 0 Å². The lowest BCUT2D eigenvalue weighted by atomic mass is 10.1. The Hall–Kier alpha value is -1.42. The van der Waals surface area contributed by atoms with Crippen molar-refractivity contribution in [1.82, 2.24) is 4.90 Å². The molecule has 0 saturated carbocycles. The normalized spacial score (nSPS) is 20.2. The number of ether oxygens (including phenoxy) is 2. The lowest BCUT2D eigenvalue weighted by molar-refractivity contribution is 0.300. The van der Waals surface area contributed by atoms with Crippen molar-refractivity contribution in [2.45, 2.75) is 32.2 Å². The Balaban J connectivity index is 2.01. The number of hydrogen-bond donors (Lipinski definition) is 1. The fourth-order valence-corrected chi connectivity index (χ4v) is 2.74. The summed E-state index contributed by atoms with van der Waals surface area (Å²) in [6.45, 7) is 5.78. The van der Waals surface area contributed by atoms with E-state index in [-0.39, 0.29) is 0 Å². The first-order valence-electron chi connectivity index (χ1n) is 7.47. The number of hydrogen-bond acceptors (Lipinski definition) is 4. The topological polar surface area (TPSA) is 33.7 Å². The molecule has 20 heavy (non-hydrogen) atoms. The van der Waals surface area contributed by atoms with E-state index in [9.17, 15) is 0 Å². The molecule has 0 aromatic heterocycles. The molecule has 0 spiro atoms. The first-order chi connectivity index (χ1) is 9.75. The summed E-state index contributed by atoms with van der Waals surface area (Å²) in [7, 11) is 3.37. The highest BCUT2D eigenvalue weighted by molar-refractivity contribution is 5.54. The van der Waals surface area contributed by atoms with Gasteiger partial charge in [0.05, 0.1) is 14.2 Å². The van der Waals surface area contributed by atoms with Crippen LogP contribution in [0.25, 0.3) is 0 Å². The van der Waals surface area contributed by atoms with E-state index in [1.165, 1.54) is 32.4 Å². The number of rotatable bonds is 5. The van der Waals surface area contributed by atoms with E-state index in [4.69, 9.17) is 9.47 Å². The summed E-state index contributed by atoms with van der Waals surface area (Å²) in [5.74, 6) is 1.66. The van der Waals surface area contributed by atoms with Gasteiger partial charge in [-0.1, -0.05) is 6.92 Å². The molecule has 2 rings (SSSR count). The summed E-state index contributed by atoms with van der Waals surface area (Å²) >= 11 is 0. The van der Waals surface area contributed by atoms with E-state index in [1.54, 1.807) is 14.2 Å². The highest BCUT2D eigenvalue weighted by atomic mass is 16.5. The summed E-state index contributed by atoms with van der Waals surface area (Å²) in [6, 6.07) is 6.50. The zero-order chi connectivity index (χ0) is 14.4. The molecule has 4 nitrogen and oxygen atoms in total. The Morgan fingerprint density at radius 1 is 1.10 bits per heavy atom. The average molecular weight is 278 g/mol. The molecule has 1 aromatic carbocycles. The lowest BCUT2D eigenvalue weighted by Gasteiger charge is -2.20. The second kappa shape index (κ2) is 7.39. The van der Waals surface area contributed by atoms with Crippen LogP contribution in [0.1, 0.15) is 26.2 Å². The lowest BCUT2D eigenvalue weighted by Crippen LogP contribution is -2.26. The van der Waals surface area contributed by atoms with Gasteiger partial charge in [-0.05, 0) is 32.4 Å². The summed E-state index contributed by atoms with van der Waals surface area (Å²) in [5, 5.41) is 3.63. The minimum absolute atomic E-state index is 0.531. The summed E-state index contributed by atoms with van der Waals surface area (Å²) in [5.41, 5.74) is 1.08. The molecule has 1 fully saturated rings. The number of likely N-dealkylation sites (tertiary alicyclic amines) is 1. The van der Waals surface area contributed by atoms with E-state index in [1.807, 2.05) is 18.2 Å². The highest BCUT2D eigenvalue weighted by Gasteiger charge is 2.16. The standard InChI is InChI=1S/C16H26N2O2/c1-4-18-8-5-6-13(7-9-18)17-14-10-15(19-2)12-16(11-14)20-3/h10-13,17H,4-9H2,1-3H3. The van der Waals surface area contributed by atoms with Crippen LogP contribution in [0.5, 0.6) is 11.5 Å². The zero-order valence-corrected chi connectivity index (χ0v) is 12.8. The number of benzene rings is 1. The van der Waals surface area contributed by atoms with Gasteiger partial charge in [-0.25, -0.2) is 0 Å². The fourth-order valence-electron chi connectivity index (χ4n) is 2.74. The van der Waals surface area contributed by atoms with Crippen LogP contribution in [0, 0.1) is 0 Å². The molecule has 1 aromatic rings. The second-order valence-electron chi connectivity index (χ2n) is 5.31. The Kier molecular flexibility index (Phi) is 5.53. The van der Waals surface area contributed by atoms with Crippen molar-refractivity contribution < 1.29 is 9.47 Å². The Morgan fingerprint density at radius 2 is 1.80 bits per heavy atom. The molecule has 1 heterocycles. The largest absolute Gasteiger partial charge is 0.497 e.